The van der Waals surface area contributed by atoms with Gasteiger partial charge in [0.05, 0.1) is 10.4 Å². The number of benzene rings is 1. The van der Waals surface area contributed by atoms with Crippen LogP contribution in [-0.4, -0.2) is 35.1 Å². The number of hydrogen-bond acceptors (Lipinski definition) is 2. The second-order valence-electron chi connectivity index (χ2n) is 4.68. The minimum atomic E-state index is -0.882. The average Bonchev–Trinajstić information content (AvgIpc) is 2.43. The Hall–Kier alpha value is -1.63. The van der Waals surface area contributed by atoms with Gasteiger partial charge in [-0.1, -0.05) is 0 Å². The van der Waals surface area contributed by atoms with E-state index in [1.54, 1.807) is 0 Å². The molecule has 2 amide bonds. The summed E-state index contributed by atoms with van der Waals surface area (Å²) >= 11 is 3.04. The summed E-state index contributed by atoms with van der Waals surface area (Å²) in [5, 5.41) is 11.6. The summed E-state index contributed by atoms with van der Waals surface area (Å²) in [5.41, 5.74) is 0.459. The van der Waals surface area contributed by atoms with E-state index in [0.29, 0.717) is 25.1 Å². The van der Waals surface area contributed by atoms with Crippen molar-refractivity contribution in [3.05, 3.63) is 28.5 Å². The summed E-state index contributed by atoms with van der Waals surface area (Å²) in [6.07, 6.45) is 1.25. The van der Waals surface area contributed by atoms with Gasteiger partial charge in [0.1, 0.15) is 5.82 Å². The van der Waals surface area contributed by atoms with Gasteiger partial charge in [0.15, 0.2) is 0 Å². The molecule has 0 unspecified atom stereocenters. The molecule has 0 bridgehead atoms. The average molecular weight is 345 g/mol. The van der Waals surface area contributed by atoms with Gasteiger partial charge >= 0.3 is 12.0 Å². The smallest absolute Gasteiger partial charge is 0.321 e. The van der Waals surface area contributed by atoms with Crippen LogP contribution in [0.15, 0.2) is 22.7 Å². The first kappa shape index (κ1) is 14.8. The Morgan fingerprint density at radius 2 is 2.20 bits per heavy atom. The second-order valence-corrected chi connectivity index (χ2v) is 5.54. The molecule has 0 aromatic heterocycles. The third-order valence-electron chi connectivity index (χ3n) is 3.23. The molecule has 1 aromatic rings. The molecule has 1 fully saturated rings. The monoisotopic (exact) mass is 344 g/mol. The van der Waals surface area contributed by atoms with Crippen LogP contribution in [0.3, 0.4) is 0 Å². The van der Waals surface area contributed by atoms with Crippen molar-refractivity contribution in [2.75, 3.05) is 18.4 Å². The number of halogens is 2. The molecule has 0 aliphatic carbocycles. The first-order valence-electron chi connectivity index (χ1n) is 6.21. The number of rotatable bonds is 2. The summed E-state index contributed by atoms with van der Waals surface area (Å²) in [4.78, 5) is 24.5. The lowest BCUT2D eigenvalue weighted by atomic mass is 9.99. The number of aliphatic carboxylic acids is 1. The normalized spacial score (nSPS) is 18.7. The molecule has 1 heterocycles. The van der Waals surface area contributed by atoms with Crippen molar-refractivity contribution in [2.45, 2.75) is 12.8 Å². The number of hydrogen-bond donors (Lipinski definition) is 2. The van der Waals surface area contributed by atoms with Crippen molar-refractivity contribution < 1.29 is 19.1 Å². The predicted octanol–water partition coefficient (Wildman–Crippen LogP) is 2.92. The number of carbonyl (C=O) groups excluding carboxylic acids is 1. The highest BCUT2D eigenvalue weighted by molar-refractivity contribution is 9.10. The molecule has 2 rings (SSSR count). The fraction of sp³-hybridized carbons (Fsp3) is 0.385. The molecule has 108 valence electrons. The number of amides is 2. The number of carboxylic acid groups (broad SMARTS) is 1. The summed E-state index contributed by atoms with van der Waals surface area (Å²) in [6.45, 7) is 0.724. The Bertz CT molecular complexity index is 538. The van der Waals surface area contributed by atoms with Crippen LogP contribution in [0.4, 0.5) is 14.9 Å². The van der Waals surface area contributed by atoms with Crippen LogP contribution in [0.5, 0.6) is 0 Å². The Labute approximate surface area is 123 Å². The first-order chi connectivity index (χ1) is 9.47. The number of carbonyl (C=O) groups is 2. The van der Waals surface area contributed by atoms with Crippen LogP contribution < -0.4 is 5.32 Å². The Kier molecular flexibility index (Phi) is 4.59. The van der Waals surface area contributed by atoms with Gasteiger partial charge in [-0.05, 0) is 47.0 Å². The van der Waals surface area contributed by atoms with Gasteiger partial charge in [0.2, 0.25) is 0 Å². The lowest BCUT2D eigenvalue weighted by Gasteiger charge is -2.30. The van der Waals surface area contributed by atoms with Crippen molar-refractivity contribution in [1.82, 2.24) is 4.90 Å². The maximum absolute atomic E-state index is 13.1. The number of urea groups is 1. The van der Waals surface area contributed by atoms with Gasteiger partial charge in [-0.15, -0.1) is 0 Å². The number of likely N-dealkylation sites (tertiary alicyclic amines) is 1. The maximum atomic E-state index is 13.1. The number of piperidine rings is 1. The summed E-state index contributed by atoms with van der Waals surface area (Å²) in [7, 11) is 0. The van der Waals surface area contributed by atoms with Gasteiger partial charge in [-0.2, -0.15) is 0 Å². The van der Waals surface area contributed by atoms with Crippen molar-refractivity contribution in [3.8, 4) is 0 Å². The zero-order valence-corrected chi connectivity index (χ0v) is 12.2. The Balaban J connectivity index is 2.00. The lowest BCUT2D eigenvalue weighted by Crippen LogP contribution is -2.44. The van der Waals surface area contributed by atoms with Crippen LogP contribution in [0.1, 0.15) is 12.8 Å². The van der Waals surface area contributed by atoms with E-state index in [4.69, 9.17) is 5.11 Å². The van der Waals surface area contributed by atoms with E-state index >= 15 is 0 Å². The van der Waals surface area contributed by atoms with Crippen LogP contribution in [0, 0.1) is 11.7 Å². The SMILES string of the molecule is O=C(O)[C@@H]1CCCN(C(=O)Nc2ccc(F)c(Br)c2)C1. The third-order valence-corrected chi connectivity index (χ3v) is 3.84. The van der Waals surface area contributed by atoms with Gasteiger partial charge < -0.3 is 15.3 Å². The number of carboxylic acids is 1. The quantitative estimate of drug-likeness (QED) is 0.866. The van der Waals surface area contributed by atoms with E-state index in [2.05, 4.69) is 21.2 Å². The molecule has 0 radical (unpaired) electrons. The molecule has 0 spiro atoms. The van der Waals surface area contributed by atoms with Crippen molar-refractivity contribution in [2.24, 2.45) is 5.92 Å². The van der Waals surface area contributed by atoms with E-state index < -0.39 is 17.7 Å². The summed E-state index contributed by atoms with van der Waals surface area (Å²) in [6, 6.07) is 3.80. The Morgan fingerprint density at radius 1 is 1.45 bits per heavy atom. The summed E-state index contributed by atoms with van der Waals surface area (Å²) < 4.78 is 13.4. The Morgan fingerprint density at radius 3 is 2.85 bits per heavy atom. The highest BCUT2D eigenvalue weighted by Crippen LogP contribution is 2.21. The van der Waals surface area contributed by atoms with Gasteiger partial charge in [0.25, 0.3) is 0 Å². The molecule has 5 nitrogen and oxygen atoms in total. The molecule has 1 aliphatic heterocycles. The van der Waals surface area contributed by atoms with Gasteiger partial charge in [-0.3, -0.25) is 4.79 Å². The highest BCUT2D eigenvalue weighted by atomic mass is 79.9. The van der Waals surface area contributed by atoms with E-state index in [1.165, 1.54) is 23.1 Å². The van der Waals surface area contributed by atoms with E-state index in [9.17, 15) is 14.0 Å². The van der Waals surface area contributed by atoms with Crippen LogP contribution in [0.2, 0.25) is 0 Å². The van der Waals surface area contributed by atoms with E-state index in [1.807, 2.05) is 0 Å². The molecule has 20 heavy (non-hydrogen) atoms. The summed E-state index contributed by atoms with van der Waals surface area (Å²) in [5.74, 6) is -1.81. The molecule has 1 aromatic carbocycles. The standard InChI is InChI=1S/C13H14BrFN2O3/c14-10-6-9(3-4-11(10)15)16-13(20)17-5-1-2-8(7-17)12(18)19/h3-4,6,8H,1-2,5,7H2,(H,16,20)(H,18,19)/t8-/m1/s1. The first-order valence-corrected chi connectivity index (χ1v) is 7.00. The molecular weight excluding hydrogens is 331 g/mol. The van der Waals surface area contributed by atoms with Crippen LogP contribution >= 0.6 is 15.9 Å². The topological polar surface area (TPSA) is 69.6 Å². The molecule has 2 N–H and O–H groups in total. The van der Waals surface area contributed by atoms with Crippen LogP contribution in [0.25, 0.3) is 0 Å². The van der Waals surface area contributed by atoms with Crippen LogP contribution in [-0.2, 0) is 4.79 Å². The number of nitrogens with one attached hydrogen (secondary N) is 1. The maximum Gasteiger partial charge on any atom is 0.321 e. The zero-order chi connectivity index (χ0) is 14.7. The van der Waals surface area contributed by atoms with E-state index in [0.717, 1.165) is 0 Å². The van der Waals surface area contributed by atoms with Crippen molar-refractivity contribution in [1.29, 1.82) is 0 Å². The van der Waals surface area contributed by atoms with Crippen molar-refractivity contribution >= 4 is 33.6 Å². The number of nitrogens with zero attached hydrogens (tertiary/aromatic N) is 1. The molecule has 0 saturated carbocycles. The minimum Gasteiger partial charge on any atom is -0.481 e. The molecular formula is C13H14BrFN2O3. The van der Waals surface area contributed by atoms with Gasteiger partial charge in [0, 0.05) is 18.8 Å². The minimum absolute atomic E-state index is 0.198. The third kappa shape index (κ3) is 3.47. The zero-order valence-electron chi connectivity index (χ0n) is 10.6. The van der Waals surface area contributed by atoms with Gasteiger partial charge in [-0.25, -0.2) is 9.18 Å². The molecule has 1 saturated heterocycles. The molecule has 1 atom stereocenters. The number of anilines is 1. The fourth-order valence-electron chi connectivity index (χ4n) is 2.14. The largest absolute Gasteiger partial charge is 0.481 e. The molecule has 1 aliphatic rings. The highest BCUT2D eigenvalue weighted by Gasteiger charge is 2.28. The van der Waals surface area contributed by atoms with Crippen molar-refractivity contribution in [3.63, 3.8) is 0 Å². The lowest BCUT2D eigenvalue weighted by molar-refractivity contribution is -0.143. The second kappa shape index (κ2) is 6.21. The molecule has 7 heteroatoms. The van der Waals surface area contributed by atoms with E-state index in [-0.39, 0.29) is 17.0 Å². The predicted molar refractivity (Wildman–Crippen MR) is 75.1 cm³/mol. The fourth-order valence-corrected chi connectivity index (χ4v) is 2.52.